The monoisotopic (exact) mass is 249 g/mol. The normalized spacial score (nSPS) is 12.4. The number of nitrogens with two attached hydrogens (primary N) is 2. The Balaban J connectivity index is 3.11. The second kappa shape index (κ2) is 5.18. The molecule has 5 nitrogen and oxygen atoms in total. The SMILES string of the molecule is CN(N)[NH+]=C(N)c1cccc(C(=O)C(C)(C)C)c1. The molecule has 1 rings (SSSR count). The van der Waals surface area contributed by atoms with E-state index < -0.39 is 5.41 Å². The standard InChI is InChI=1S/C13H20N4O/c1-13(2,3)11(18)9-6-5-7-10(8-9)12(14)16-17(4)15/h5-8H,15H2,1-4H3,(H2,14,16)/p+1. The van der Waals surface area contributed by atoms with Crippen LogP contribution in [0.15, 0.2) is 24.3 Å². The van der Waals surface area contributed by atoms with Crippen LogP contribution in [-0.4, -0.2) is 23.8 Å². The minimum absolute atomic E-state index is 0.0817. The summed E-state index contributed by atoms with van der Waals surface area (Å²) in [5.41, 5.74) is 6.82. The number of rotatable bonds is 3. The van der Waals surface area contributed by atoms with E-state index in [1.165, 1.54) is 5.12 Å². The molecular formula is C13H21N4O+. The second-order valence-electron chi connectivity index (χ2n) is 5.30. The lowest BCUT2D eigenvalue weighted by molar-refractivity contribution is -0.641. The average Bonchev–Trinajstić information content (AvgIpc) is 2.26. The average molecular weight is 249 g/mol. The Morgan fingerprint density at radius 2 is 1.83 bits per heavy atom. The fraction of sp³-hybridized carbons (Fsp3) is 0.385. The Labute approximate surface area is 107 Å². The van der Waals surface area contributed by atoms with Crippen LogP contribution in [0.2, 0.25) is 0 Å². The minimum Gasteiger partial charge on any atom is -0.294 e. The Morgan fingerprint density at radius 1 is 1.28 bits per heavy atom. The number of hydrazone groups is 1. The third-order valence-corrected chi connectivity index (χ3v) is 2.41. The summed E-state index contributed by atoms with van der Waals surface area (Å²) >= 11 is 0. The van der Waals surface area contributed by atoms with Crippen LogP contribution in [0, 0.1) is 5.41 Å². The van der Waals surface area contributed by atoms with Crippen molar-refractivity contribution in [3.63, 3.8) is 0 Å². The highest BCUT2D eigenvalue weighted by Crippen LogP contribution is 2.21. The number of hydrogen-bond acceptors (Lipinski definition) is 3. The predicted molar refractivity (Wildman–Crippen MR) is 71.4 cm³/mol. The zero-order chi connectivity index (χ0) is 13.9. The molecule has 0 aliphatic heterocycles. The van der Waals surface area contributed by atoms with Crippen LogP contribution in [0.25, 0.3) is 0 Å². The van der Waals surface area contributed by atoms with Crippen molar-refractivity contribution in [1.29, 1.82) is 0 Å². The minimum atomic E-state index is -0.411. The van der Waals surface area contributed by atoms with Crippen molar-refractivity contribution in [2.24, 2.45) is 17.0 Å². The molecule has 0 unspecified atom stereocenters. The lowest BCUT2D eigenvalue weighted by Crippen LogP contribution is -2.87. The van der Waals surface area contributed by atoms with Gasteiger partial charge in [-0.1, -0.05) is 32.9 Å². The highest BCUT2D eigenvalue weighted by atomic mass is 16.1. The number of nitrogens with one attached hydrogen (secondary N) is 1. The van der Waals surface area contributed by atoms with Crippen LogP contribution in [0.1, 0.15) is 36.7 Å². The smallest absolute Gasteiger partial charge is 0.294 e. The van der Waals surface area contributed by atoms with E-state index in [1.54, 1.807) is 25.2 Å². The van der Waals surface area contributed by atoms with Gasteiger partial charge in [0.1, 0.15) is 0 Å². The van der Waals surface area contributed by atoms with Gasteiger partial charge in [0.05, 0.1) is 12.6 Å². The van der Waals surface area contributed by atoms with Crippen molar-refractivity contribution in [2.75, 3.05) is 7.05 Å². The molecule has 0 spiro atoms. The molecule has 0 saturated carbocycles. The number of hydrazine groups is 2. The van der Waals surface area contributed by atoms with E-state index in [4.69, 9.17) is 11.6 Å². The van der Waals surface area contributed by atoms with Crippen LogP contribution >= 0.6 is 0 Å². The maximum atomic E-state index is 12.2. The molecule has 0 heterocycles. The topological polar surface area (TPSA) is 86.3 Å². The molecular weight excluding hydrogens is 228 g/mol. The highest BCUT2D eigenvalue weighted by Gasteiger charge is 2.23. The van der Waals surface area contributed by atoms with Gasteiger partial charge in [-0.25, -0.2) is 5.84 Å². The van der Waals surface area contributed by atoms with Crippen molar-refractivity contribution in [2.45, 2.75) is 20.8 Å². The van der Waals surface area contributed by atoms with Crippen LogP contribution in [0.3, 0.4) is 0 Å². The molecule has 0 atom stereocenters. The Bertz CT molecular complexity index is 472. The van der Waals surface area contributed by atoms with Crippen molar-refractivity contribution >= 4 is 11.6 Å². The van der Waals surface area contributed by atoms with Gasteiger partial charge in [-0.15, -0.1) is 0 Å². The molecule has 5 N–H and O–H groups in total. The molecule has 1 aromatic carbocycles. The fourth-order valence-corrected chi connectivity index (χ4v) is 1.52. The molecule has 0 amide bonds. The molecule has 0 aliphatic rings. The third kappa shape index (κ3) is 3.56. The molecule has 0 fully saturated rings. The van der Waals surface area contributed by atoms with Gasteiger partial charge < -0.3 is 0 Å². The molecule has 0 saturated heterocycles. The quantitative estimate of drug-likeness (QED) is 0.220. The van der Waals surface area contributed by atoms with Gasteiger partial charge in [-0.2, -0.15) is 10.2 Å². The molecule has 0 bridgehead atoms. The molecule has 98 valence electrons. The van der Waals surface area contributed by atoms with Gasteiger partial charge in [0, 0.05) is 11.0 Å². The Kier molecular flexibility index (Phi) is 4.08. The number of hydrogen-bond donors (Lipinski definition) is 3. The van der Waals surface area contributed by atoms with E-state index in [0.717, 1.165) is 5.56 Å². The largest absolute Gasteiger partial charge is 0.297 e. The maximum Gasteiger partial charge on any atom is 0.297 e. The summed E-state index contributed by atoms with van der Waals surface area (Å²) in [6.45, 7) is 5.67. The third-order valence-electron chi connectivity index (χ3n) is 2.41. The number of benzene rings is 1. The number of amidine groups is 1. The zero-order valence-corrected chi connectivity index (χ0v) is 11.3. The molecule has 18 heavy (non-hydrogen) atoms. The van der Waals surface area contributed by atoms with Gasteiger partial charge in [-0.05, 0) is 12.1 Å². The van der Waals surface area contributed by atoms with Crippen LogP contribution < -0.4 is 16.7 Å². The van der Waals surface area contributed by atoms with E-state index in [-0.39, 0.29) is 5.78 Å². The van der Waals surface area contributed by atoms with Gasteiger partial charge in [-0.3, -0.25) is 10.5 Å². The highest BCUT2D eigenvalue weighted by molar-refractivity contribution is 6.02. The summed E-state index contributed by atoms with van der Waals surface area (Å²) in [5.74, 6) is 5.94. The van der Waals surface area contributed by atoms with Crippen LogP contribution in [-0.2, 0) is 0 Å². The van der Waals surface area contributed by atoms with E-state index in [0.29, 0.717) is 11.4 Å². The fourth-order valence-electron chi connectivity index (χ4n) is 1.52. The lowest BCUT2D eigenvalue weighted by Gasteiger charge is -2.16. The first-order valence-corrected chi connectivity index (χ1v) is 5.74. The van der Waals surface area contributed by atoms with Gasteiger partial charge in [0.25, 0.3) is 5.84 Å². The van der Waals surface area contributed by atoms with E-state index >= 15 is 0 Å². The second-order valence-corrected chi connectivity index (χ2v) is 5.30. The summed E-state index contributed by atoms with van der Waals surface area (Å²) in [6.07, 6.45) is 0. The maximum absolute atomic E-state index is 12.2. The van der Waals surface area contributed by atoms with Crippen molar-refractivity contribution in [3.8, 4) is 0 Å². The summed E-state index contributed by atoms with van der Waals surface area (Å²) < 4.78 is 0. The molecule has 0 aliphatic carbocycles. The molecule has 5 heteroatoms. The first kappa shape index (κ1) is 14.2. The summed E-state index contributed by atoms with van der Waals surface area (Å²) in [7, 11) is 1.64. The summed E-state index contributed by atoms with van der Waals surface area (Å²) in [6, 6.07) is 7.18. The van der Waals surface area contributed by atoms with Gasteiger partial charge in [0.2, 0.25) is 0 Å². The Morgan fingerprint density at radius 3 is 2.33 bits per heavy atom. The molecule has 1 aromatic rings. The summed E-state index contributed by atoms with van der Waals surface area (Å²) in [4.78, 5) is 12.2. The van der Waals surface area contributed by atoms with Crippen molar-refractivity contribution < 1.29 is 9.90 Å². The zero-order valence-electron chi connectivity index (χ0n) is 11.3. The number of Topliss-reactive ketones (excluding diaryl/α,β-unsaturated/α-hetero) is 1. The first-order valence-electron chi connectivity index (χ1n) is 5.74. The van der Waals surface area contributed by atoms with Gasteiger partial charge in [0.15, 0.2) is 5.78 Å². The number of nitrogen functional groups attached to an aromatic ring is 1. The number of carbonyl (C=O) groups excluding carboxylic acids is 1. The number of ketones is 1. The van der Waals surface area contributed by atoms with E-state index in [1.807, 2.05) is 26.8 Å². The van der Waals surface area contributed by atoms with E-state index in [2.05, 4.69) is 5.10 Å². The van der Waals surface area contributed by atoms with Crippen molar-refractivity contribution in [3.05, 3.63) is 35.4 Å². The van der Waals surface area contributed by atoms with Crippen LogP contribution in [0.4, 0.5) is 0 Å². The lowest BCUT2D eigenvalue weighted by atomic mass is 9.86. The number of nitrogens with zero attached hydrogens (tertiary/aromatic N) is 1. The van der Waals surface area contributed by atoms with Gasteiger partial charge >= 0.3 is 0 Å². The predicted octanol–water partition coefficient (Wildman–Crippen LogP) is -0.578. The number of carbonyl (C=O) groups is 1. The Hall–Kier alpha value is -1.88. The first-order chi connectivity index (χ1) is 8.21. The van der Waals surface area contributed by atoms with Crippen molar-refractivity contribution in [1.82, 2.24) is 5.12 Å². The molecule has 0 radical (unpaired) electrons. The van der Waals surface area contributed by atoms with Crippen LogP contribution in [0.5, 0.6) is 0 Å². The van der Waals surface area contributed by atoms with E-state index in [9.17, 15) is 4.79 Å². The molecule has 0 aromatic heterocycles. The summed E-state index contributed by atoms with van der Waals surface area (Å²) in [5, 5.41) is 4.02.